The van der Waals surface area contributed by atoms with E-state index in [4.69, 9.17) is 9.47 Å². The van der Waals surface area contributed by atoms with Crippen molar-refractivity contribution in [3.63, 3.8) is 0 Å². The molecule has 0 amide bonds. The van der Waals surface area contributed by atoms with Crippen LogP contribution in [0.15, 0.2) is 36.6 Å². The van der Waals surface area contributed by atoms with Gasteiger partial charge in [0.1, 0.15) is 23.0 Å². The first-order chi connectivity index (χ1) is 12.8. The Balaban J connectivity index is 1.91. The Kier molecular flexibility index (Phi) is 5.38. The van der Waals surface area contributed by atoms with E-state index in [9.17, 15) is 13.6 Å². The first kappa shape index (κ1) is 19.5. The SMILES string of the molecule is C=CC(C)[C@H]1C[C@]2([C@H](C)Cc3cc(F)c(NC)cc3F)OCOC2=CC1=O. The summed E-state index contributed by atoms with van der Waals surface area (Å²) in [6.45, 7) is 7.69. The van der Waals surface area contributed by atoms with E-state index < -0.39 is 17.2 Å². The molecule has 0 radical (unpaired) electrons. The summed E-state index contributed by atoms with van der Waals surface area (Å²) in [5, 5.41) is 2.63. The van der Waals surface area contributed by atoms with Crippen LogP contribution in [0.2, 0.25) is 0 Å². The minimum atomic E-state index is -0.819. The van der Waals surface area contributed by atoms with Gasteiger partial charge in [-0.05, 0) is 36.3 Å². The molecule has 6 heteroatoms. The average molecular weight is 377 g/mol. The van der Waals surface area contributed by atoms with Crippen LogP contribution in [0.4, 0.5) is 14.5 Å². The van der Waals surface area contributed by atoms with Crippen molar-refractivity contribution in [1.29, 1.82) is 0 Å². The van der Waals surface area contributed by atoms with Crippen LogP contribution >= 0.6 is 0 Å². The predicted molar refractivity (Wildman–Crippen MR) is 99.1 cm³/mol. The van der Waals surface area contributed by atoms with Crippen molar-refractivity contribution in [2.75, 3.05) is 19.2 Å². The Hall–Kier alpha value is -2.21. The number of hydrogen-bond donors (Lipinski definition) is 1. The summed E-state index contributed by atoms with van der Waals surface area (Å²) in [5.74, 6) is -1.02. The maximum atomic E-state index is 14.4. The Morgan fingerprint density at radius 1 is 1.37 bits per heavy atom. The van der Waals surface area contributed by atoms with Gasteiger partial charge in [-0.25, -0.2) is 8.78 Å². The lowest BCUT2D eigenvalue weighted by Gasteiger charge is -2.39. The quantitative estimate of drug-likeness (QED) is 0.754. The number of ether oxygens (including phenoxy) is 2. The second-order valence-corrected chi connectivity index (χ2v) is 7.39. The van der Waals surface area contributed by atoms with Crippen molar-refractivity contribution in [1.82, 2.24) is 0 Å². The Morgan fingerprint density at radius 3 is 2.78 bits per heavy atom. The van der Waals surface area contributed by atoms with Gasteiger partial charge in [-0.15, -0.1) is 6.58 Å². The summed E-state index contributed by atoms with van der Waals surface area (Å²) >= 11 is 0. The van der Waals surface area contributed by atoms with E-state index in [1.165, 1.54) is 12.1 Å². The summed E-state index contributed by atoms with van der Waals surface area (Å²) < 4.78 is 40.1. The zero-order valence-corrected chi connectivity index (χ0v) is 15.9. The van der Waals surface area contributed by atoms with E-state index in [2.05, 4.69) is 11.9 Å². The number of halogens is 2. The molecule has 0 spiro atoms. The van der Waals surface area contributed by atoms with Gasteiger partial charge in [-0.3, -0.25) is 4.79 Å². The fourth-order valence-corrected chi connectivity index (χ4v) is 4.00. The zero-order chi connectivity index (χ0) is 19.8. The fraction of sp³-hybridized carbons (Fsp3) is 0.476. The van der Waals surface area contributed by atoms with E-state index in [0.29, 0.717) is 12.2 Å². The number of carbonyl (C=O) groups excluding carboxylic acids is 1. The molecule has 0 bridgehead atoms. The van der Waals surface area contributed by atoms with E-state index in [0.717, 1.165) is 6.07 Å². The second-order valence-electron chi connectivity index (χ2n) is 7.39. The highest BCUT2D eigenvalue weighted by Crippen LogP contribution is 2.47. The van der Waals surface area contributed by atoms with Crippen LogP contribution in [0.5, 0.6) is 0 Å². The second kappa shape index (κ2) is 7.43. The largest absolute Gasteiger partial charge is 0.469 e. The number of carbonyl (C=O) groups is 1. The molecule has 1 aliphatic heterocycles. The summed E-state index contributed by atoms with van der Waals surface area (Å²) in [6, 6.07) is 2.37. The smallest absolute Gasteiger partial charge is 0.189 e. The van der Waals surface area contributed by atoms with Gasteiger partial charge in [0.25, 0.3) is 0 Å². The molecule has 1 heterocycles. The van der Waals surface area contributed by atoms with E-state index in [1.807, 2.05) is 13.8 Å². The number of benzene rings is 1. The topological polar surface area (TPSA) is 47.6 Å². The van der Waals surface area contributed by atoms with Crippen molar-refractivity contribution in [2.24, 2.45) is 17.8 Å². The molecule has 1 aromatic rings. The standard InChI is InChI=1S/C21H25F2NO3/c1-5-12(2)15-10-21(20(9-19(15)25)26-11-27-21)13(3)6-14-7-17(23)18(24-4)8-16(14)22/h5,7-9,12-13,15,24H,1,6,10-11H2,2-4H3/t12?,13-,15-,21-/m1/s1. The average Bonchev–Trinajstić information content (AvgIpc) is 3.06. The highest BCUT2D eigenvalue weighted by Gasteiger charge is 2.52. The normalized spacial score (nSPS) is 26.6. The lowest BCUT2D eigenvalue weighted by molar-refractivity contribution is -0.124. The molecular weight excluding hydrogens is 352 g/mol. The van der Waals surface area contributed by atoms with Crippen molar-refractivity contribution in [2.45, 2.75) is 32.3 Å². The molecule has 146 valence electrons. The van der Waals surface area contributed by atoms with Gasteiger partial charge in [0.15, 0.2) is 12.6 Å². The highest BCUT2D eigenvalue weighted by molar-refractivity contribution is 5.94. The molecule has 27 heavy (non-hydrogen) atoms. The van der Waals surface area contributed by atoms with Gasteiger partial charge in [0.2, 0.25) is 0 Å². The number of nitrogens with one attached hydrogen (secondary N) is 1. The van der Waals surface area contributed by atoms with Gasteiger partial charge in [-0.2, -0.15) is 0 Å². The van der Waals surface area contributed by atoms with Gasteiger partial charge in [0, 0.05) is 25.1 Å². The molecule has 0 saturated carbocycles. The van der Waals surface area contributed by atoms with Gasteiger partial charge >= 0.3 is 0 Å². The molecule has 4 nitrogen and oxygen atoms in total. The molecule has 1 fully saturated rings. The minimum absolute atomic E-state index is 0.0127. The minimum Gasteiger partial charge on any atom is -0.469 e. The van der Waals surface area contributed by atoms with Crippen LogP contribution in [-0.2, 0) is 20.7 Å². The Morgan fingerprint density at radius 2 is 2.11 bits per heavy atom. The number of hydrogen-bond acceptors (Lipinski definition) is 4. The molecule has 1 saturated heterocycles. The van der Waals surface area contributed by atoms with Crippen molar-refractivity contribution in [3.05, 3.63) is 53.8 Å². The van der Waals surface area contributed by atoms with E-state index >= 15 is 0 Å². The lowest BCUT2D eigenvalue weighted by atomic mass is 9.69. The van der Waals surface area contributed by atoms with Crippen molar-refractivity contribution in [3.8, 4) is 0 Å². The van der Waals surface area contributed by atoms with Crippen molar-refractivity contribution >= 4 is 11.5 Å². The molecule has 2 aliphatic rings. The summed E-state index contributed by atoms with van der Waals surface area (Å²) in [6.07, 6.45) is 3.95. The van der Waals surface area contributed by atoms with Crippen LogP contribution in [0.1, 0.15) is 25.8 Å². The maximum Gasteiger partial charge on any atom is 0.189 e. The summed E-state index contributed by atoms with van der Waals surface area (Å²) in [7, 11) is 1.54. The van der Waals surface area contributed by atoms with Crippen molar-refractivity contribution < 1.29 is 23.0 Å². The number of allylic oxidation sites excluding steroid dienone is 2. The van der Waals surface area contributed by atoms with Gasteiger partial charge in [0.05, 0.1) is 5.69 Å². The monoisotopic (exact) mass is 377 g/mol. The van der Waals surface area contributed by atoms with Gasteiger partial charge in [-0.1, -0.05) is 19.9 Å². The van der Waals surface area contributed by atoms with E-state index in [1.54, 1.807) is 13.1 Å². The number of rotatable bonds is 6. The summed E-state index contributed by atoms with van der Waals surface area (Å²) in [5.41, 5.74) is -0.430. The van der Waals surface area contributed by atoms with Crippen LogP contribution in [0.3, 0.4) is 0 Å². The van der Waals surface area contributed by atoms with Crippen LogP contribution in [0.25, 0.3) is 0 Å². The molecule has 1 unspecified atom stereocenters. The zero-order valence-electron chi connectivity index (χ0n) is 15.9. The molecule has 1 aliphatic carbocycles. The fourth-order valence-electron chi connectivity index (χ4n) is 4.00. The highest BCUT2D eigenvalue weighted by atomic mass is 19.1. The Labute approximate surface area is 158 Å². The van der Waals surface area contributed by atoms with Gasteiger partial charge < -0.3 is 14.8 Å². The number of fused-ring (bicyclic) bond motifs is 1. The third kappa shape index (κ3) is 3.38. The predicted octanol–water partition coefficient (Wildman–Crippen LogP) is 4.22. The van der Waals surface area contributed by atoms with Crippen LogP contribution in [-0.4, -0.2) is 25.2 Å². The van der Waals surface area contributed by atoms with Crippen LogP contribution < -0.4 is 5.32 Å². The van der Waals surface area contributed by atoms with E-state index in [-0.39, 0.29) is 48.0 Å². The maximum absolute atomic E-state index is 14.4. The molecule has 1 aromatic carbocycles. The summed E-state index contributed by atoms with van der Waals surface area (Å²) in [4.78, 5) is 12.5. The third-order valence-corrected chi connectivity index (χ3v) is 5.84. The Bertz CT molecular complexity index is 792. The number of ketones is 1. The molecule has 1 N–H and O–H groups in total. The third-order valence-electron chi connectivity index (χ3n) is 5.84. The first-order valence-electron chi connectivity index (χ1n) is 9.13. The molecule has 3 rings (SSSR count). The number of anilines is 1. The first-order valence-corrected chi connectivity index (χ1v) is 9.13. The molecule has 4 atom stereocenters. The van der Waals surface area contributed by atoms with Crippen LogP contribution in [0, 0.1) is 29.4 Å². The lowest BCUT2D eigenvalue weighted by Crippen LogP contribution is -2.46. The molecular formula is C21H25F2NO3. The molecule has 0 aromatic heterocycles.